The normalized spacial score (nSPS) is 21.9. The zero-order chi connectivity index (χ0) is 17.8. The van der Waals surface area contributed by atoms with E-state index in [2.05, 4.69) is 0 Å². The molecule has 1 amide bonds. The molecule has 0 aromatic heterocycles. The highest BCUT2D eigenvalue weighted by Gasteiger charge is 2.36. The zero-order valence-corrected chi connectivity index (χ0v) is 13.9. The molecule has 1 aliphatic heterocycles. The number of hydrogen-bond acceptors (Lipinski definition) is 3. The minimum Gasteiger partial charge on any atom is -0.330 e. The molecule has 1 aromatic carbocycles. The molecule has 0 aliphatic carbocycles. The lowest BCUT2D eigenvalue weighted by Gasteiger charge is -2.27. The molecule has 1 aromatic rings. The predicted octanol–water partition coefficient (Wildman–Crippen LogP) is 2.25. The van der Waals surface area contributed by atoms with Crippen LogP contribution in [0.4, 0.5) is 13.2 Å². The summed E-state index contributed by atoms with van der Waals surface area (Å²) >= 11 is 0. The van der Waals surface area contributed by atoms with Gasteiger partial charge in [-0.05, 0) is 30.5 Å². The van der Waals surface area contributed by atoms with Crippen molar-refractivity contribution in [2.24, 2.45) is 11.1 Å². The highest BCUT2D eigenvalue weighted by molar-refractivity contribution is 5.78. The van der Waals surface area contributed by atoms with Crippen LogP contribution in [0.5, 0.6) is 0 Å². The molecule has 0 radical (unpaired) electrons. The van der Waals surface area contributed by atoms with E-state index in [1.165, 1.54) is 0 Å². The van der Waals surface area contributed by atoms with E-state index in [4.69, 9.17) is 5.73 Å². The third-order valence-electron chi connectivity index (χ3n) is 4.43. The van der Waals surface area contributed by atoms with Crippen molar-refractivity contribution >= 4 is 5.91 Å². The van der Waals surface area contributed by atoms with E-state index < -0.39 is 18.6 Å². The molecule has 2 N–H and O–H groups in total. The lowest BCUT2D eigenvalue weighted by molar-refractivity contribution is -0.163. The van der Waals surface area contributed by atoms with Gasteiger partial charge in [0.1, 0.15) is 6.54 Å². The molecule has 2 rings (SSSR count). The van der Waals surface area contributed by atoms with Gasteiger partial charge in [-0.25, -0.2) is 0 Å². The van der Waals surface area contributed by atoms with Crippen LogP contribution in [-0.4, -0.2) is 54.6 Å². The summed E-state index contributed by atoms with van der Waals surface area (Å²) in [6.07, 6.45) is -3.56. The summed E-state index contributed by atoms with van der Waals surface area (Å²) < 4.78 is 38.5. The molecule has 1 aliphatic rings. The summed E-state index contributed by atoms with van der Waals surface area (Å²) in [4.78, 5) is 15.2. The Balaban J connectivity index is 2.02. The number of hydrogen-bond donors (Lipinski definition) is 1. The Kier molecular flexibility index (Phi) is 5.87. The van der Waals surface area contributed by atoms with Crippen molar-refractivity contribution in [1.29, 1.82) is 0 Å². The zero-order valence-electron chi connectivity index (χ0n) is 13.9. The summed E-state index contributed by atoms with van der Waals surface area (Å²) in [7, 11) is 0. The fourth-order valence-electron chi connectivity index (χ4n) is 2.97. The van der Waals surface area contributed by atoms with Gasteiger partial charge in [-0.3, -0.25) is 9.69 Å². The average Bonchev–Trinajstić information content (AvgIpc) is 2.88. The maximum atomic E-state index is 12.8. The van der Waals surface area contributed by atoms with Crippen molar-refractivity contribution in [2.75, 3.05) is 32.7 Å². The number of amides is 1. The van der Waals surface area contributed by atoms with Gasteiger partial charge in [0.05, 0.1) is 6.54 Å². The molecular weight excluding hydrogens is 319 g/mol. The Morgan fingerprint density at radius 2 is 2.00 bits per heavy atom. The maximum absolute atomic E-state index is 12.8. The molecular formula is C17H24F3N3O. The summed E-state index contributed by atoms with van der Waals surface area (Å²) in [5.41, 5.74) is 6.36. The van der Waals surface area contributed by atoms with Crippen molar-refractivity contribution in [3.8, 4) is 0 Å². The molecule has 1 unspecified atom stereocenters. The van der Waals surface area contributed by atoms with Gasteiger partial charge in [-0.1, -0.05) is 37.3 Å². The van der Waals surface area contributed by atoms with Crippen molar-refractivity contribution < 1.29 is 18.0 Å². The van der Waals surface area contributed by atoms with Gasteiger partial charge in [-0.15, -0.1) is 0 Å². The van der Waals surface area contributed by atoms with Crippen molar-refractivity contribution in [3.63, 3.8) is 0 Å². The molecule has 7 heteroatoms. The number of halogens is 3. The molecule has 4 nitrogen and oxygen atoms in total. The molecule has 24 heavy (non-hydrogen) atoms. The van der Waals surface area contributed by atoms with E-state index in [1.807, 2.05) is 11.8 Å². The number of likely N-dealkylation sites (tertiary alicyclic amines) is 1. The molecule has 0 spiro atoms. The fraction of sp³-hybridized carbons (Fsp3) is 0.588. The lowest BCUT2D eigenvalue weighted by atomic mass is 9.90. The summed E-state index contributed by atoms with van der Waals surface area (Å²) in [5, 5.41) is 0. The Morgan fingerprint density at radius 3 is 2.54 bits per heavy atom. The Labute approximate surface area is 140 Å². The van der Waals surface area contributed by atoms with E-state index in [1.54, 1.807) is 30.3 Å². The van der Waals surface area contributed by atoms with Crippen molar-refractivity contribution in [3.05, 3.63) is 35.9 Å². The van der Waals surface area contributed by atoms with Gasteiger partial charge in [0, 0.05) is 13.1 Å². The van der Waals surface area contributed by atoms with Crippen LogP contribution in [0.2, 0.25) is 0 Å². The Hall–Kier alpha value is -1.60. The first-order valence-corrected chi connectivity index (χ1v) is 8.02. The van der Waals surface area contributed by atoms with E-state index in [0.29, 0.717) is 25.2 Å². The number of nitrogens with zero attached hydrogens (tertiary/aromatic N) is 2. The van der Waals surface area contributed by atoms with Crippen LogP contribution < -0.4 is 5.73 Å². The van der Waals surface area contributed by atoms with Crippen LogP contribution in [0, 0.1) is 5.41 Å². The highest BCUT2D eigenvalue weighted by atomic mass is 19.4. The van der Waals surface area contributed by atoms with Crippen LogP contribution in [0.1, 0.15) is 18.9 Å². The third-order valence-corrected chi connectivity index (χ3v) is 4.43. The van der Waals surface area contributed by atoms with Crippen molar-refractivity contribution in [1.82, 2.24) is 9.80 Å². The number of nitrogens with two attached hydrogens (primary N) is 1. The smallest absolute Gasteiger partial charge is 0.330 e. The second-order valence-corrected chi connectivity index (χ2v) is 6.83. The van der Waals surface area contributed by atoms with Gasteiger partial charge in [0.2, 0.25) is 5.91 Å². The quantitative estimate of drug-likeness (QED) is 0.862. The number of carbonyl (C=O) groups excluding carboxylic acids is 1. The van der Waals surface area contributed by atoms with Crippen LogP contribution in [0.3, 0.4) is 0 Å². The van der Waals surface area contributed by atoms with Gasteiger partial charge < -0.3 is 10.6 Å². The van der Waals surface area contributed by atoms with Crippen LogP contribution >= 0.6 is 0 Å². The number of alkyl halides is 3. The molecule has 0 bridgehead atoms. The molecule has 0 saturated carbocycles. The number of rotatable bonds is 6. The number of carbonyl (C=O) groups is 1. The lowest BCUT2D eigenvalue weighted by Crippen LogP contribution is -2.44. The summed E-state index contributed by atoms with van der Waals surface area (Å²) in [6.45, 7) is 2.59. The first kappa shape index (κ1) is 18.7. The van der Waals surface area contributed by atoms with E-state index in [-0.39, 0.29) is 18.5 Å². The van der Waals surface area contributed by atoms with Crippen LogP contribution in [0.15, 0.2) is 30.3 Å². The van der Waals surface area contributed by atoms with Crippen LogP contribution in [0.25, 0.3) is 0 Å². The Bertz CT molecular complexity index is 550. The minimum atomic E-state index is -4.42. The summed E-state index contributed by atoms with van der Waals surface area (Å²) in [5.74, 6) is -0.502. The van der Waals surface area contributed by atoms with Gasteiger partial charge in [0.25, 0.3) is 0 Å². The van der Waals surface area contributed by atoms with Crippen molar-refractivity contribution in [2.45, 2.75) is 26.1 Å². The molecule has 134 valence electrons. The third kappa shape index (κ3) is 5.49. The first-order chi connectivity index (χ1) is 11.2. The molecule has 1 atom stereocenters. The maximum Gasteiger partial charge on any atom is 0.406 e. The summed E-state index contributed by atoms with van der Waals surface area (Å²) in [6, 6.07) is 8.73. The SMILES string of the molecule is CC1(CN)CCN(CC(=O)N(Cc2ccccc2)CC(F)(F)F)C1. The largest absolute Gasteiger partial charge is 0.406 e. The van der Waals surface area contributed by atoms with E-state index in [0.717, 1.165) is 11.3 Å². The average molecular weight is 343 g/mol. The van der Waals surface area contributed by atoms with E-state index in [9.17, 15) is 18.0 Å². The number of benzene rings is 1. The molecule has 1 fully saturated rings. The second-order valence-electron chi connectivity index (χ2n) is 6.83. The topological polar surface area (TPSA) is 49.6 Å². The first-order valence-electron chi connectivity index (χ1n) is 8.02. The van der Waals surface area contributed by atoms with Gasteiger partial charge in [-0.2, -0.15) is 13.2 Å². The second kappa shape index (κ2) is 7.53. The molecule has 1 heterocycles. The molecule has 1 saturated heterocycles. The van der Waals surface area contributed by atoms with Gasteiger partial charge >= 0.3 is 6.18 Å². The minimum absolute atomic E-state index is 0.00148. The van der Waals surface area contributed by atoms with E-state index >= 15 is 0 Å². The fourth-order valence-corrected chi connectivity index (χ4v) is 2.97. The Morgan fingerprint density at radius 1 is 1.33 bits per heavy atom. The standard InChI is InChI=1S/C17H24F3N3O/c1-16(11-21)7-8-22(12-16)10-15(24)23(13-17(18,19)20)9-14-5-3-2-4-6-14/h2-6H,7-13,21H2,1H3. The highest BCUT2D eigenvalue weighted by Crippen LogP contribution is 2.28. The van der Waals surface area contributed by atoms with Crippen LogP contribution in [-0.2, 0) is 11.3 Å². The predicted molar refractivity (Wildman–Crippen MR) is 86.1 cm³/mol. The monoisotopic (exact) mass is 343 g/mol. The van der Waals surface area contributed by atoms with Gasteiger partial charge in [0.15, 0.2) is 0 Å².